The van der Waals surface area contributed by atoms with Crippen LogP contribution in [-0.2, 0) is 24.3 Å². The van der Waals surface area contributed by atoms with E-state index in [-0.39, 0.29) is 11.9 Å². The highest BCUT2D eigenvalue weighted by atomic mass is 16.2. The van der Waals surface area contributed by atoms with Crippen molar-refractivity contribution >= 4 is 23.3 Å². The van der Waals surface area contributed by atoms with Gasteiger partial charge in [-0.3, -0.25) is 9.48 Å². The van der Waals surface area contributed by atoms with Crippen molar-refractivity contribution in [2.45, 2.75) is 60.5 Å². The molecule has 0 aliphatic carbocycles. The summed E-state index contributed by atoms with van der Waals surface area (Å²) in [6, 6.07) is 14.8. The maximum Gasteiger partial charge on any atom is 0.323 e. The minimum absolute atomic E-state index is 0.00837. The Hall–Kier alpha value is -3.61. The molecule has 7 heteroatoms. The molecule has 0 fully saturated rings. The molecule has 0 aliphatic heterocycles. The third-order valence-corrected chi connectivity index (χ3v) is 5.62. The predicted octanol–water partition coefficient (Wildman–Crippen LogP) is 5.36. The second-order valence-corrected chi connectivity index (χ2v) is 9.15. The molecule has 3 N–H and O–H groups in total. The predicted molar refractivity (Wildman–Crippen MR) is 137 cm³/mol. The van der Waals surface area contributed by atoms with Crippen LogP contribution < -0.4 is 16.0 Å². The molecule has 0 unspecified atom stereocenters. The summed E-state index contributed by atoms with van der Waals surface area (Å²) < 4.78 is 2.04. The van der Waals surface area contributed by atoms with Crippen molar-refractivity contribution in [3.8, 4) is 0 Å². The van der Waals surface area contributed by atoms with Gasteiger partial charge in [0.1, 0.15) is 0 Å². The Labute approximate surface area is 202 Å². The van der Waals surface area contributed by atoms with Gasteiger partial charge in [0, 0.05) is 36.6 Å². The topological polar surface area (TPSA) is 88.1 Å². The van der Waals surface area contributed by atoms with Crippen molar-refractivity contribution < 1.29 is 9.59 Å². The van der Waals surface area contributed by atoms with Crippen molar-refractivity contribution in [1.29, 1.82) is 0 Å². The maximum absolute atomic E-state index is 12.5. The number of carbonyl (C=O) groups is 2. The Morgan fingerprint density at radius 3 is 2.32 bits per heavy atom. The molecule has 3 aromatic rings. The van der Waals surface area contributed by atoms with Crippen LogP contribution in [0, 0.1) is 26.7 Å². The minimum atomic E-state index is -0.310. The molecule has 0 bridgehead atoms. The van der Waals surface area contributed by atoms with E-state index < -0.39 is 0 Å². The fourth-order valence-electron chi connectivity index (χ4n) is 3.92. The van der Waals surface area contributed by atoms with Crippen LogP contribution >= 0.6 is 0 Å². The number of hydrogen-bond acceptors (Lipinski definition) is 3. The largest absolute Gasteiger partial charge is 0.352 e. The van der Waals surface area contributed by atoms with Gasteiger partial charge >= 0.3 is 6.03 Å². The number of aryl methyl sites for hydroxylation is 2. The molecule has 0 aliphatic rings. The lowest BCUT2D eigenvalue weighted by Gasteiger charge is -2.10. The molecular weight excluding hydrogens is 426 g/mol. The summed E-state index contributed by atoms with van der Waals surface area (Å²) in [7, 11) is 0. The van der Waals surface area contributed by atoms with Gasteiger partial charge in [-0.1, -0.05) is 38.1 Å². The molecule has 3 amide bonds. The van der Waals surface area contributed by atoms with E-state index in [9.17, 15) is 9.59 Å². The second-order valence-electron chi connectivity index (χ2n) is 9.15. The summed E-state index contributed by atoms with van der Waals surface area (Å²) in [6.45, 7) is 11.7. The number of anilines is 2. The first-order valence-corrected chi connectivity index (χ1v) is 11.7. The molecule has 2 aromatic carbocycles. The quantitative estimate of drug-likeness (QED) is 0.401. The molecule has 0 atom stereocenters. The van der Waals surface area contributed by atoms with Gasteiger partial charge in [0.05, 0.1) is 5.69 Å². The Kier molecular flexibility index (Phi) is 8.46. The number of aromatic nitrogens is 2. The Morgan fingerprint density at radius 1 is 0.971 bits per heavy atom. The number of hydrogen-bond donors (Lipinski definition) is 3. The first-order valence-electron chi connectivity index (χ1n) is 11.7. The van der Waals surface area contributed by atoms with E-state index in [1.165, 1.54) is 0 Å². The second kappa shape index (κ2) is 11.5. The zero-order valence-corrected chi connectivity index (χ0v) is 20.7. The van der Waals surface area contributed by atoms with Gasteiger partial charge < -0.3 is 16.0 Å². The first-order chi connectivity index (χ1) is 16.2. The Bertz CT molecular complexity index is 1150. The number of benzene rings is 2. The van der Waals surface area contributed by atoms with Crippen LogP contribution in [0.4, 0.5) is 16.2 Å². The molecule has 1 heterocycles. The van der Waals surface area contributed by atoms with Crippen molar-refractivity contribution in [3.05, 3.63) is 76.6 Å². The zero-order valence-electron chi connectivity index (χ0n) is 20.7. The monoisotopic (exact) mass is 461 g/mol. The summed E-state index contributed by atoms with van der Waals surface area (Å²) in [6.07, 6.45) is 1.08. The maximum atomic E-state index is 12.5. The third kappa shape index (κ3) is 7.20. The van der Waals surface area contributed by atoms with Crippen LogP contribution in [0.3, 0.4) is 0 Å². The molecule has 1 aromatic heterocycles. The number of amides is 3. The highest BCUT2D eigenvalue weighted by molar-refractivity contribution is 5.99. The summed E-state index contributed by atoms with van der Waals surface area (Å²) in [5.41, 5.74) is 6.68. The van der Waals surface area contributed by atoms with E-state index in [0.717, 1.165) is 40.3 Å². The lowest BCUT2D eigenvalue weighted by molar-refractivity contribution is -0.121. The SMILES string of the molecule is Cc1cccc(NC(=O)Nc2cccc(CNC(=O)CCc3c(C)nn(CC(C)C)c3C)c2)c1. The average molecular weight is 462 g/mol. The van der Waals surface area contributed by atoms with E-state index in [1.54, 1.807) is 0 Å². The number of nitrogens with zero attached hydrogens (tertiary/aromatic N) is 2. The molecule has 0 saturated carbocycles. The first kappa shape index (κ1) is 25.0. The lowest BCUT2D eigenvalue weighted by Crippen LogP contribution is -2.23. The van der Waals surface area contributed by atoms with Crippen LogP contribution in [0.2, 0.25) is 0 Å². The minimum Gasteiger partial charge on any atom is -0.352 e. The Balaban J connectivity index is 1.49. The van der Waals surface area contributed by atoms with Gasteiger partial charge in [-0.05, 0) is 74.1 Å². The molecular formula is C27H35N5O2. The summed E-state index contributed by atoms with van der Waals surface area (Å²) in [5, 5.41) is 13.3. The van der Waals surface area contributed by atoms with Crippen LogP contribution in [0.5, 0.6) is 0 Å². The average Bonchev–Trinajstić information content (AvgIpc) is 3.02. The standard InChI is InChI=1S/C27H35N5O2/c1-18(2)17-32-21(5)25(20(4)31-32)12-13-26(33)28-16-22-9-7-11-24(15-22)30-27(34)29-23-10-6-8-19(3)14-23/h6-11,14-15,18H,12-13,16-17H2,1-5H3,(H,28,33)(H2,29,30,34). The highest BCUT2D eigenvalue weighted by Crippen LogP contribution is 2.17. The fraction of sp³-hybridized carbons (Fsp3) is 0.370. The molecule has 0 spiro atoms. The normalized spacial score (nSPS) is 10.9. The van der Waals surface area contributed by atoms with Gasteiger partial charge in [0.25, 0.3) is 0 Å². The zero-order chi connectivity index (χ0) is 24.7. The van der Waals surface area contributed by atoms with E-state index in [0.29, 0.717) is 31.0 Å². The van der Waals surface area contributed by atoms with Gasteiger partial charge in [-0.25, -0.2) is 4.79 Å². The molecule has 3 rings (SSSR count). The van der Waals surface area contributed by atoms with Crippen molar-refractivity contribution in [3.63, 3.8) is 0 Å². The third-order valence-electron chi connectivity index (χ3n) is 5.62. The summed E-state index contributed by atoms with van der Waals surface area (Å²) >= 11 is 0. The van der Waals surface area contributed by atoms with Gasteiger partial charge in [0.2, 0.25) is 5.91 Å². The highest BCUT2D eigenvalue weighted by Gasteiger charge is 2.14. The van der Waals surface area contributed by atoms with E-state index in [1.807, 2.05) is 67.1 Å². The fourth-order valence-corrected chi connectivity index (χ4v) is 3.92. The van der Waals surface area contributed by atoms with Crippen LogP contribution in [-0.4, -0.2) is 21.7 Å². The Morgan fingerprint density at radius 2 is 1.65 bits per heavy atom. The van der Waals surface area contributed by atoms with Crippen LogP contribution in [0.25, 0.3) is 0 Å². The number of urea groups is 1. The van der Waals surface area contributed by atoms with E-state index >= 15 is 0 Å². The molecule has 180 valence electrons. The van der Waals surface area contributed by atoms with Crippen molar-refractivity contribution in [2.75, 3.05) is 10.6 Å². The molecule has 0 saturated heterocycles. The summed E-state index contributed by atoms with van der Waals surface area (Å²) in [4.78, 5) is 24.8. The van der Waals surface area contributed by atoms with Gasteiger partial charge in [0.15, 0.2) is 0 Å². The molecule has 0 radical (unpaired) electrons. The van der Waals surface area contributed by atoms with Gasteiger partial charge in [-0.15, -0.1) is 0 Å². The van der Waals surface area contributed by atoms with E-state index in [4.69, 9.17) is 0 Å². The lowest BCUT2D eigenvalue weighted by atomic mass is 10.1. The van der Waals surface area contributed by atoms with Crippen LogP contribution in [0.1, 0.15) is 48.3 Å². The van der Waals surface area contributed by atoms with Crippen molar-refractivity contribution in [2.24, 2.45) is 5.92 Å². The molecule has 7 nitrogen and oxygen atoms in total. The smallest absolute Gasteiger partial charge is 0.323 e. The number of rotatable bonds is 9. The van der Waals surface area contributed by atoms with Crippen LogP contribution in [0.15, 0.2) is 48.5 Å². The van der Waals surface area contributed by atoms with Crippen molar-refractivity contribution in [1.82, 2.24) is 15.1 Å². The van der Waals surface area contributed by atoms with E-state index in [2.05, 4.69) is 41.8 Å². The summed E-state index contributed by atoms with van der Waals surface area (Å²) in [5.74, 6) is 0.513. The number of carbonyl (C=O) groups excluding carboxylic acids is 2. The number of nitrogens with one attached hydrogen (secondary N) is 3. The molecule has 34 heavy (non-hydrogen) atoms. The van der Waals surface area contributed by atoms with Gasteiger partial charge in [-0.2, -0.15) is 5.10 Å².